The smallest absolute Gasteiger partial charge is 0.305 e. The van der Waals surface area contributed by atoms with Gasteiger partial charge in [-0.3, -0.25) is 9.59 Å². The van der Waals surface area contributed by atoms with Gasteiger partial charge in [-0.1, -0.05) is 51.9 Å². The highest BCUT2D eigenvalue weighted by atomic mass is 16.6. The Morgan fingerprint density at radius 3 is 2.32 bits per heavy atom. The van der Waals surface area contributed by atoms with Crippen molar-refractivity contribution < 1.29 is 19.1 Å². The van der Waals surface area contributed by atoms with Gasteiger partial charge in [0.05, 0.1) is 13.2 Å². The molecular formula is C17H31NO4. The first-order valence-corrected chi connectivity index (χ1v) is 8.79. The zero-order valence-corrected chi connectivity index (χ0v) is 13.9. The van der Waals surface area contributed by atoms with E-state index in [-0.39, 0.29) is 18.0 Å². The standard InChI is InChI=1S/C17H31NO4/c1-2-3-4-5-6-7-8-9-13-21-16(19)11-10-12-18-17(20)15-14-22-15/h15H,2-14H2,1H3,(H,18,20). The molecule has 5 heteroatoms. The molecule has 1 heterocycles. The van der Waals surface area contributed by atoms with Crippen molar-refractivity contribution in [3.63, 3.8) is 0 Å². The molecule has 0 saturated carbocycles. The van der Waals surface area contributed by atoms with E-state index in [0.29, 0.717) is 32.6 Å². The van der Waals surface area contributed by atoms with Gasteiger partial charge in [-0.2, -0.15) is 0 Å². The van der Waals surface area contributed by atoms with Crippen LogP contribution in [0.5, 0.6) is 0 Å². The summed E-state index contributed by atoms with van der Waals surface area (Å²) in [7, 11) is 0. The topological polar surface area (TPSA) is 67.9 Å². The van der Waals surface area contributed by atoms with Crippen LogP contribution in [0.4, 0.5) is 0 Å². The maximum Gasteiger partial charge on any atom is 0.305 e. The SMILES string of the molecule is CCCCCCCCCCOC(=O)CCCNC(=O)C1CO1. The van der Waals surface area contributed by atoms with Crippen LogP contribution in [0.15, 0.2) is 0 Å². The van der Waals surface area contributed by atoms with Crippen LogP contribution in [-0.4, -0.2) is 37.7 Å². The minimum atomic E-state index is -0.256. The van der Waals surface area contributed by atoms with Crippen molar-refractivity contribution in [3.05, 3.63) is 0 Å². The van der Waals surface area contributed by atoms with Gasteiger partial charge in [-0.15, -0.1) is 0 Å². The number of carbonyl (C=O) groups excluding carboxylic acids is 2. The summed E-state index contributed by atoms with van der Waals surface area (Å²) < 4.78 is 10.0. The summed E-state index contributed by atoms with van der Waals surface area (Å²) in [4.78, 5) is 22.7. The summed E-state index contributed by atoms with van der Waals surface area (Å²) in [6, 6.07) is 0. The first-order chi connectivity index (χ1) is 10.7. The number of unbranched alkanes of at least 4 members (excludes halogenated alkanes) is 7. The third kappa shape index (κ3) is 10.6. The Hall–Kier alpha value is -1.10. The van der Waals surface area contributed by atoms with Gasteiger partial charge in [0.25, 0.3) is 5.91 Å². The molecule has 0 spiro atoms. The molecule has 128 valence electrons. The first kappa shape index (κ1) is 18.9. The van der Waals surface area contributed by atoms with Crippen molar-refractivity contribution >= 4 is 11.9 Å². The summed E-state index contributed by atoms with van der Waals surface area (Å²) in [5.41, 5.74) is 0. The number of nitrogens with one attached hydrogen (secondary N) is 1. The molecule has 0 aromatic rings. The molecule has 1 atom stereocenters. The highest BCUT2D eigenvalue weighted by Gasteiger charge is 2.30. The predicted octanol–water partition coefficient (Wildman–Crippen LogP) is 2.97. The molecule has 1 aliphatic heterocycles. The summed E-state index contributed by atoms with van der Waals surface area (Å²) in [6.45, 7) is 3.78. The van der Waals surface area contributed by atoms with E-state index in [0.717, 1.165) is 12.8 Å². The lowest BCUT2D eigenvalue weighted by Gasteiger charge is -2.06. The van der Waals surface area contributed by atoms with Crippen molar-refractivity contribution in [2.24, 2.45) is 0 Å². The van der Waals surface area contributed by atoms with Crippen LogP contribution in [0.1, 0.15) is 71.1 Å². The van der Waals surface area contributed by atoms with Gasteiger partial charge in [0.1, 0.15) is 0 Å². The Bertz CT molecular complexity index is 316. The average molecular weight is 313 g/mol. The number of carbonyl (C=O) groups is 2. The number of ether oxygens (including phenoxy) is 2. The van der Waals surface area contributed by atoms with Gasteiger partial charge >= 0.3 is 5.97 Å². The lowest BCUT2D eigenvalue weighted by molar-refractivity contribution is -0.144. The van der Waals surface area contributed by atoms with E-state index in [1.165, 1.54) is 38.5 Å². The number of rotatable bonds is 14. The third-order valence-corrected chi connectivity index (χ3v) is 3.74. The molecule has 1 rings (SSSR count). The molecule has 22 heavy (non-hydrogen) atoms. The van der Waals surface area contributed by atoms with Crippen LogP contribution in [0, 0.1) is 0 Å². The molecule has 5 nitrogen and oxygen atoms in total. The van der Waals surface area contributed by atoms with Gasteiger partial charge in [-0.05, 0) is 12.8 Å². The second-order valence-electron chi connectivity index (χ2n) is 5.91. The summed E-state index contributed by atoms with van der Waals surface area (Å²) in [5.74, 6) is -0.243. The molecule has 1 N–H and O–H groups in total. The highest BCUT2D eigenvalue weighted by molar-refractivity contribution is 5.82. The first-order valence-electron chi connectivity index (χ1n) is 8.79. The normalized spacial score (nSPS) is 16.3. The second-order valence-corrected chi connectivity index (χ2v) is 5.91. The lowest BCUT2D eigenvalue weighted by Crippen LogP contribution is -2.29. The fraction of sp³-hybridized carbons (Fsp3) is 0.882. The molecule has 1 unspecified atom stereocenters. The molecule has 0 aliphatic carbocycles. The predicted molar refractivity (Wildman–Crippen MR) is 85.6 cm³/mol. The molecule has 0 aromatic carbocycles. The minimum Gasteiger partial charge on any atom is -0.466 e. The summed E-state index contributed by atoms with van der Waals surface area (Å²) in [6.07, 6.45) is 10.6. The molecule has 1 amide bonds. The number of epoxide rings is 1. The Kier molecular flexibility index (Phi) is 10.7. The van der Waals surface area contributed by atoms with Crippen LogP contribution < -0.4 is 5.32 Å². The number of hydrogen-bond acceptors (Lipinski definition) is 4. The zero-order chi connectivity index (χ0) is 16.0. The van der Waals surface area contributed by atoms with Crippen LogP contribution in [-0.2, 0) is 19.1 Å². The summed E-state index contributed by atoms with van der Waals surface area (Å²) in [5, 5.41) is 2.73. The van der Waals surface area contributed by atoms with Crippen molar-refractivity contribution in [1.82, 2.24) is 5.32 Å². The van der Waals surface area contributed by atoms with Crippen LogP contribution in [0.2, 0.25) is 0 Å². The van der Waals surface area contributed by atoms with E-state index in [2.05, 4.69) is 12.2 Å². The van der Waals surface area contributed by atoms with E-state index in [1.807, 2.05) is 0 Å². The van der Waals surface area contributed by atoms with Crippen molar-refractivity contribution in [2.75, 3.05) is 19.8 Å². The fourth-order valence-corrected chi connectivity index (χ4v) is 2.25. The maximum atomic E-state index is 11.5. The van der Waals surface area contributed by atoms with Crippen molar-refractivity contribution in [2.45, 2.75) is 77.2 Å². The summed E-state index contributed by atoms with van der Waals surface area (Å²) >= 11 is 0. The van der Waals surface area contributed by atoms with Gasteiger partial charge in [-0.25, -0.2) is 0 Å². The third-order valence-electron chi connectivity index (χ3n) is 3.74. The van der Waals surface area contributed by atoms with E-state index >= 15 is 0 Å². The van der Waals surface area contributed by atoms with E-state index < -0.39 is 0 Å². The van der Waals surface area contributed by atoms with Gasteiger partial charge in [0.15, 0.2) is 6.10 Å². The quantitative estimate of drug-likeness (QED) is 0.304. The number of esters is 1. The Balaban J connectivity index is 1.78. The van der Waals surface area contributed by atoms with E-state index in [1.54, 1.807) is 0 Å². The second kappa shape index (κ2) is 12.4. The molecule has 1 saturated heterocycles. The number of amides is 1. The monoisotopic (exact) mass is 313 g/mol. The highest BCUT2D eigenvalue weighted by Crippen LogP contribution is 2.09. The molecule has 1 fully saturated rings. The van der Waals surface area contributed by atoms with Gasteiger partial charge in [0.2, 0.25) is 0 Å². The van der Waals surface area contributed by atoms with Crippen molar-refractivity contribution in [3.8, 4) is 0 Å². The Morgan fingerprint density at radius 1 is 1.05 bits per heavy atom. The van der Waals surface area contributed by atoms with Crippen LogP contribution in [0.25, 0.3) is 0 Å². The van der Waals surface area contributed by atoms with Crippen LogP contribution in [0.3, 0.4) is 0 Å². The molecule has 0 bridgehead atoms. The van der Waals surface area contributed by atoms with E-state index in [4.69, 9.17) is 9.47 Å². The largest absolute Gasteiger partial charge is 0.466 e. The average Bonchev–Trinajstić information content (AvgIpc) is 3.34. The van der Waals surface area contributed by atoms with Gasteiger partial charge in [0, 0.05) is 13.0 Å². The molecule has 0 aromatic heterocycles. The maximum absolute atomic E-state index is 11.5. The molecule has 0 radical (unpaired) electrons. The molecular weight excluding hydrogens is 282 g/mol. The lowest BCUT2D eigenvalue weighted by atomic mass is 10.1. The van der Waals surface area contributed by atoms with Crippen LogP contribution >= 0.6 is 0 Å². The zero-order valence-electron chi connectivity index (χ0n) is 13.9. The Morgan fingerprint density at radius 2 is 1.68 bits per heavy atom. The van der Waals surface area contributed by atoms with Crippen molar-refractivity contribution in [1.29, 1.82) is 0 Å². The van der Waals surface area contributed by atoms with Gasteiger partial charge < -0.3 is 14.8 Å². The van der Waals surface area contributed by atoms with E-state index in [9.17, 15) is 9.59 Å². The Labute approximate surface area is 134 Å². The molecule has 1 aliphatic rings. The fourth-order valence-electron chi connectivity index (χ4n) is 2.25. The minimum absolute atomic E-state index is 0.0766. The number of hydrogen-bond donors (Lipinski definition) is 1.